The van der Waals surface area contributed by atoms with E-state index in [9.17, 15) is 9.90 Å². The molecule has 1 rings (SSSR count). The molecule has 99 valence electrons. The second kappa shape index (κ2) is 4.30. The second-order valence-corrected chi connectivity index (χ2v) is 6.75. The topological polar surface area (TPSA) is 61.1 Å². The SMILES string of the molecule is CC(C)(C)c1cc(C([NH])=O)cc(C(C)(C)C)c1O. The molecular formula is C15H22NO2. The summed E-state index contributed by atoms with van der Waals surface area (Å²) in [6.07, 6.45) is 0. The predicted molar refractivity (Wildman–Crippen MR) is 72.9 cm³/mol. The average molecular weight is 248 g/mol. The molecule has 0 aliphatic rings. The monoisotopic (exact) mass is 248 g/mol. The third-order valence-corrected chi connectivity index (χ3v) is 2.99. The van der Waals surface area contributed by atoms with E-state index in [1.54, 1.807) is 12.1 Å². The minimum absolute atomic E-state index is 0.236. The molecule has 1 radical (unpaired) electrons. The van der Waals surface area contributed by atoms with E-state index in [-0.39, 0.29) is 16.6 Å². The van der Waals surface area contributed by atoms with Gasteiger partial charge in [-0.2, -0.15) is 0 Å². The molecule has 0 saturated carbocycles. The predicted octanol–water partition coefficient (Wildman–Crippen LogP) is 3.41. The molecule has 0 aromatic heterocycles. The molecule has 18 heavy (non-hydrogen) atoms. The van der Waals surface area contributed by atoms with Gasteiger partial charge in [-0.05, 0) is 23.0 Å². The first kappa shape index (κ1) is 14.6. The maximum absolute atomic E-state index is 11.3. The molecule has 1 amide bonds. The Morgan fingerprint density at radius 1 is 1.00 bits per heavy atom. The number of hydrogen-bond donors (Lipinski definition) is 1. The van der Waals surface area contributed by atoms with Gasteiger partial charge in [0.1, 0.15) is 5.75 Å². The number of benzene rings is 1. The van der Waals surface area contributed by atoms with E-state index >= 15 is 0 Å². The fourth-order valence-electron chi connectivity index (χ4n) is 1.91. The van der Waals surface area contributed by atoms with Crippen LogP contribution in [-0.2, 0) is 10.8 Å². The Morgan fingerprint density at radius 3 is 1.56 bits per heavy atom. The van der Waals surface area contributed by atoms with Crippen LogP contribution in [0.3, 0.4) is 0 Å². The Hall–Kier alpha value is -1.51. The van der Waals surface area contributed by atoms with Gasteiger partial charge in [-0.25, -0.2) is 0 Å². The quantitative estimate of drug-likeness (QED) is 0.827. The first-order chi connectivity index (χ1) is 7.94. The highest BCUT2D eigenvalue weighted by molar-refractivity contribution is 5.93. The van der Waals surface area contributed by atoms with Crippen molar-refractivity contribution in [1.29, 1.82) is 0 Å². The van der Waals surface area contributed by atoms with Gasteiger partial charge in [-0.1, -0.05) is 41.5 Å². The van der Waals surface area contributed by atoms with Crippen molar-refractivity contribution >= 4 is 5.91 Å². The molecule has 0 aliphatic heterocycles. The van der Waals surface area contributed by atoms with E-state index in [1.807, 2.05) is 41.5 Å². The van der Waals surface area contributed by atoms with Crippen LogP contribution in [0.2, 0.25) is 0 Å². The third kappa shape index (κ3) is 2.84. The smallest absolute Gasteiger partial charge is 0.269 e. The molecule has 0 unspecified atom stereocenters. The van der Waals surface area contributed by atoms with Gasteiger partial charge >= 0.3 is 0 Å². The van der Waals surface area contributed by atoms with Crippen LogP contribution in [0.5, 0.6) is 5.75 Å². The summed E-state index contributed by atoms with van der Waals surface area (Å²) in [5.41, 5.74) is 8.50. The van der Waals surface area contributed by atoms with Gasteiger partial charge in [0.15, 0.2) is 0 Å². The van der Waals surface area contributed by atoms with Gasteiger partial charge in [0.2, 0.25) is 0 Å². The molecule has 0 fully saturated rings. The molecule has 0 atom stereocenters. The van der Waals surface area contributed by atoms with Crippen LogP contribution < -0.4 is 5.73 Å². The van der Waals surface area contributed by atoms with Gasteiger partial charge in [-0.15, -0.1) is 0 Å². The number of amides is 1. The van der Waals surface area contributed by atoms with Crippen molar-refractivity contribution in [3.63, 3.8) is 0 Å². The minimum atomic E-state index is -0.717. The molecule has 0 saturated heterocycles. The van der Waals surface area contributed by atoms with E-state index in [4.69, 9.17) is 5.73 Å². The number of phenolic OH excluding ortho intramolecular Hbond substituents is 1. The number of nitrogens with one attached hydrogen (secondary N) is 1. The molecular weight excluding hydrogens is 226 g/mol. The van der Waals surface area contributed by atoms with E-state index in [2.05, 4.69) is 0 Å². The Balaban J connectivity index is 3.64. The van der Waals surface area contributed by atoms with Crippen molar-refractivity contribution in [3.05, 3.63) is 28.8 Å². The zero-order valence-corrected chi connectivity index (χ0v) is 12.0. The molecule has 1 aromatic carbocycles. The number of carbonyl (C=O) groups is 1. The number of hydrogen-bond acceptors (Lipinski definition) is 2. The lowest BCUT2D eigenvalue weighted by atomic mass is 9.78. The highest BCUT2D eigenvalue weighted by Gasteiger charge is 2.27. The summed E-state index contributed by atoms with van der Waals surface area (Å²) in [6.45, 7) is 11.9. The van der Waals surface area contributed by atoms with Gasteiger partial charge < -0.3 is 5.11 Å². The summed E-state index contributed by atoms with van der Waals surface area (Å²) in [7, 11) is 0. The summed E-state index contributed by atoms with van der Waals surface area (Å²) < 4.78 is 0. The zero-order chi connectivity index (χ0) is 14.3. The van der Waals surface area contributed by atoms with Crippen molar-refractivity contribution in [3.8, 4) is 5.75 Å². The Kier molecular flexibility index (Phi) is 3.48. The standard InChI is InChI=1S/C15H22NO2/c1-14(2,3)10-7-9(13(16)18)8-11(12(10)17)15(4,5)6/h7-8,16-17H,1-6H3. The largest absolute Gasteiger partial charge is 0.507 e. The molecule has 0 spiro atoms. The summed E-state index contributed by atoms with van der Waals surface area (Å²) >= 11 is 0. The maximum Gasteiger partial charge on any atom is 0.269 e. The fourth-order valence-corrected chi connectivity index (χ4v) is 1.91. The van der Waals surface area contributed by atoms with Crippen LogP contribution in [0, 0.1) is 0 Å². The van der Waals surface area contributed by atoms with Crippen molar-refractivity contribution in [2.75, 3.05) is 0 Å². The summed E-state index contributed by atoms with van der Waals surface area (Å²) in [5, 5.41) is 10.4. The van der Waals surface area contributed by atoms with Crippen LogP contribution in [-0.4, -0.2) is 11.0 Å². The molecule has 0 bridgehead atoms. The van der Waals surface area contributed by atoms with Gasteiger partial charge in [0.05, 0.1) is 0 Å². The number of aromatic hydroxyl groups is 1. The molecule has 0 aliphatic carbocycles. The van der Waals surface area contributed by atoms with Crippen LogP contribution >= 0.6 is 0 Å². The van der Waals surface area contributed by atoms with E-state index in [0.29, 0.717) is 16.7 Å². The first-order valence-electron chi connectivity index (χ1n) is 6.08. The van der Waals surface area contributed by atoms with Crippen molar-refractivity contribution in [2.24, 2.45) is 0 Å². The molecule has 0 heterocycles. The van der Waals surface area contributed by atoms with Crippen molar-refractivity contribution in [2.45, 2.75) is 52.4 Å². The van der Waals surface area contributed by atoms with Crippen LogP contribution in [0.4, 0.5) is 0 Å². The van der Waals surface area contributed by atoms with Crippen LogP contribution in [0.25, 0.3) is 0 Å². The van der Waals surface area contributed by atoms with E-state index < -0.39 is 5.91 Å². The minimum Gasteiger partial charge on any atom is -0.507 e. The average Bonchev–Trinajstić information content (AvgIpc) is 2.13. The van der Waals surface area contributed by atoms with Gasteiger partial charge in [-0.3, -0.25) is 10.5 Å². The summed E-state index contributed by atoms with van der Waals surface area (Å²) in [4.78, 5) is 11.3. The summed E-state index contributed by atoms with van der Waals surface area (Å²) in [5.74, 6) is -0.481. The van der Waals surface area contributed by atoms with Gasteiger partial charge in [0, 0.05) is 16.7 Å². The van der Waals surface area contributed by atoms with E-state index in [0.717, 1.165) is 0 Å². The normalized spacial score (nSPS) is 12.6. The number of carbonyl (C=O) groups excluding carboxylic acids is 1. The van der Waals surface area contributed by atoms with Crippen molar-refractivity contribution in [1.82, 2.24) is 5.73 Å². The molecule has 3 nitrogen and oxygen atoms in total. The second-order valence-electron chi connectivity index (χ2n) is 6.75. The molecule has 1 aromatic rings. The number of phenols is 1. The van der Waals surface area contributed by atoms with Gasteiger partial charge in [0.25, 0.3) is 5.91 Å². The maximum atomic E-state index is 11.3. The Labute approximate surface area is 109 Å². The van der Waals surface area contributed by atoms with Crippen LogP contribution in [0.15, 0.2) is 12.1 Å². The molecule has 2 N–H and O–H groups in total. The highest BCUT2D eigenvalue weighted by atomic mass is 16.3. The van der Waals surface area contributed by atoms with Crippen LogP contribution in [0.1, 0.15) is 63.0 Å². The van der Waals surface area contributed by atoms with E-state index in [1.165, 1.54) is 0 Å². The zero-order valence-electron chi connectivity index (χ0n) is 12.0. The fraction of sp³-hybridized carbons (Fsp3) is 0.533. The lowest BCUT2D eigenvalue weighted by Gasteiger charge is -2.27. The lowest BCUT2D eigenvalue weighted by molar-refractivity contribution is 0.0992. The third-order valence-electron chi connectivity index (χ3n) is 2.99. The lowest BCUT2D eigenvalue weighted by Crippen LogP contribution is -2.19. The highest BCUT2D eigenvalue weighted by Crippen LogP contribution is 2.39. The Bertz CT molecular complexity index is 441. The number of rotatable bonds is 1. The molecule has 3 heteroatoms. The summed E-state index contributed by atoms with van der Waals surface area (Å²) in [6, 6.07) is 3.25. The Morgan fingerprint density at radius 2 is 1.33 bits per heavy atom. The van der Waals surface area contributed by atoms with Crippen molar-refractivity contribution < 1.29 is 9.90 Å². The first-order valence-corrected chi connectivity index (χ1v) is 6.08.